The van der Waals surface area contributed by atoms with Crippen LogP contribution in [0.5, 0.6) is 0 Å². The van der Waals surface area contributed by atoms with Gasteiger partial charge in [0.25, 0.3) is 0 Å². The van der Waals surface area contributed by atoms with Crippen LogP contribution >= 0.6 is 0 Å². The fraction of sp³-hybridized carbons (Fsp3) is 0.923. The average molecular weight is 238 g/mol. The molecule has 0 bridgehead atoms. The van der Waals surface area contributed by atoms with Gasteiger partial charge in [-0.05, 0) is 45.1 Å². The molecule has 17 heavy (non-hydrogen) atoms. The first-order valence-corrected chi connectivity index (χ1v) is 6.95. The number of likely N-dealkylation sites (tertiary alicyclic amines) is 1. The summed E-state index contributed by atoms with van der Waals surface area (Å²) in [4.78, 5) is 14.3. The maximum atomic E-state index is 12.3. The fourth-order valence-electron chi connectivity index (χ4n) is 3.38. The normalized spacial score (nSPS) is 37.9. The Bertz CT molecular complexity index is 294. The van der Waals surface area contributed by atoms with E-state index in [9.17, 15) is 4.79 Å². The molecular formula is C13H22N2O2. The lowest BCUT2D eigenvalue weighted by atomic mass is 9.93. The smallest absolute Gasteiger partial charge is 0.239 e. The number of nitrogens with zero attached hydrogens (tertiary/aromatic N) is 1. The Morgan fingerprint density at radius 3 is 2.94 bits per heavy atom. The molecule has 4 heteroatoms. The monoisotopic (exact) mass is 238 g/mol. The van der Waals surface area contributed by atoms with E-state index in [1.807, 2.05) is 4.90 Å². The summed E-state index contributed by atoms with van der Waals surface area (Å²) in [6.45, 7) is 3.58. The zero-order valence-corrected chi connectivity index (χ0v) is 10.4. The summed E-state index contributed by atoms with van der Waals surface area (Å²) in [5, 5.41) is 3.29. The fourth-order valence-corrected chi connectivity index (χ4v) is 3.38. The third kappa shape index (κ3) is 2.20. The molecule has 96 valence electrons. The van der Waals surface area contributed by atoms with Crippen molar-refractivity contribution in [2.75, 3.05) is 26.2 Å². The van der Waals surface area contributed by atoms with E-state index in [4.69, 9.17) is 4.74 Å². The summed E-state index contributed by atoms with van der Waals surface area (Å²) < 4.78 is 5.96. The molecule has 1 spiro atoms. The van der Waals surface area contributed by atoms with Crippen molar-refractivity contribution in [2.24, 2.45) is 0 Å². The van der Waals surface area contributed by atoms with E-state index in [0.29, 0.717) is 5.91 Å². The molecule has 4 nitrogen and oxygen atoms in total. The molecule has 3 rings (SSSR count). The molecule has 3 aliphatic rings. The number of hydrogen-bond donors (Lipinski definition) is 1. The summed E-state index contributed by atoms with van der Waals surface area (Å²) in [6.07, 6.45) is 6.74. The lowest BCUT2D eigenvalue weighted by Gasteiger charge is -2.33. The second kappa shape index (κ2) is 4.58. The molecule has 1 N–H and O–H groups in total. The van der Waals surface area contributed by atoms with Gasteiger partial charge in [0, 0.05) is 19.7 Å². The van der Waals surface area contributed by atoms with Gasteiger partial charge in [-0.25, -0.2) is 0 Å². The second-order valence-electron chi connectivity index (χ2n) is 5.65. The Labute approximate surface area is 103 Å². The number of nitrogens with one attached hydrogen (secondary N) is 1. The standard InChI is InChI=1S/C13H22N2O2/c16-12(11-4-3-7-14-11)15-8-6-13(10-15)5-1-2-9-17-13/h11,14H,1-10H2/t11-,13+/m1/s1. The van der Waals surface area contributed by atoms with E-state index >= 15 is 0 Å². The van der Waals surface area contributed by atoms with Crippen LogP contribution in [0.4, 0.5) is 0 Å². The highest BCUT2D eigenvalue weighted by molar-refractivity contribution is 5.82. The van der Waals surface area contributed by atoms with Gasteiger partial charge in [0.1, 0.15) is 0 Å². The van der Waals surface area contributed by atoms with Crippen LogP contribution in [0.2, 0.25) is 0 Å². The predicted octanol–water partition coefficient (Wildman–Crippen LogP) is 0.910. The molecule has 3 aliphatic heterocycles. The molecule has 0 aromatic carbocycles. The van der Waals surface area contributed by atoms with Crippen LogP contribution in [0.3, 0.4) is 0 Å². The number of rotatable bonds is 1. The number of amides is 1. The third-order valence-electron chi connectivity index (χ3n) is 4.42. The lowest BCUT2D eigenvalue weighted by molar-refractivity contribution is -0.134. The van der Waals surface area contributed by atoms with E-state index in [-0.39, 0.29) is 11.6 Å². The highest BCUT2D eigenvalue weighted by Crippen LogP contribution is 2.34. The minimum atomic E-state index is 0.00646. The van der Waals surface area contributed by atoms with Gasteiger partial charge in [0.15, 0.2) is 0 Å². The molecule has 0 saturated carbocycles. The maximum Gasteiger partial charge on any atom is 0.239 e. The molecule has 3 saturated heterocycles. The molecule has 1 amide bonds. The van der Waals surface area contributed by atoms with Crippen molar-refractivity contribution >= 4 is 5.91 Å². The van der Waals surface area contributed by atoms with E-state index in [1.54, 1.807) is 0 Å². The van der Waals surface area contributed by atoms with Gasteiger partial charge >= 0.3 is 0 Å². The molecule has 0 aliphatic carbocycles. The highest BCUT2D eigenvalue weighted by Gasteiger charge is 2.43. The summed E-state index contributed by atoms with van der Waals surface area (Å²) in [7, 11) is 0. The van der Waals surface area contributed by atoms with Gasteiger partial charge in [-0.3, -0.25) is 4.79 Å². The first-order chi connectivity index (χ1) is 8.29. The molecule has 0 aromatic rings. The van der Waals surface area contributed by atoms with Crippen LogP contribution in [0.15, 0.2) is 0 Å². The first kappa shape index (κ1) is 11.5. The summed E-state index contributed by atoms with van der Waals surface area (Å²) in [6, 6.07) is 0.0775. The second-order valence-corrected chi connectivity index (χ2v) is 5.65. The Hall–Kier alpha value is -0.610. The van der Waals surface area contributed by atoms with Crippen molar-refractivity contribution in [1.82, 2.24) is 10.2 Å². The minimum Gasteiger partial charge on any atom is -0.373 e. The summed E-state index contributed by atoms with van der Waals surface area (Å²) >= 11 is 0. The molecule has 0 radical (unpaired) electrons. The van der Waals surface area contributed by atoms with Crippen LogP contribution in [0.1, 0.15) is 38.5 Å². The number of carbonyl (C=O) groups is 1. The Morgan fingerprint density at radius 1 is 1.29 bits per heavy atom. The van der Waals surface area contributed by atoms with Crippen molar-refractivity contribution in [3.63, 3.8) is 0 Å². The minimum absolute atomic E-state index is 0.00646. The molecule has 3 heterocycles. The van der Waals surface area contributed by atoms with Crippen LogP contribution in [0.25, 0.3) is 0 Å². The van der Waals surface area contributed by atoms with Crippen molar-refractivity contribution < 1.29 is 9.53 Å². The quantitative estimate of drug-likeness (QED) is 0.738. The average Bonchev–Trinajstić information content (AvgIpc) is 2.99. The molecule has 2 atom stereocenters. The molecule has 0 aromatic heterocycles. The highest BCUT2D eigenvalue weighted by atomic mass is 16.5. The molecule has 0 unspecified atom stereocenters. The zero-order chi connectivity index (χ0) is 11.7. The zero-order valence-electron chi connectivity index (χ0n) is 10.4. The van der Waals surface area contributed by atoms with Crippen LogP contribution < -0.4 is 5.32 Å². The largest absolute Gasteiger partial charge is 0.373 e. The topological polar surface area (TPSA) is 41.6 Å². The maximum absolute atomic E-state index is 12.3. The molecular weight excluding hydrogens is 216 g/mol. The van der Waals surface area contributed by atoms with Crippen LogP contribution in [-0.2, 0) is 9.53 Å². The van der Waals surface area contributed by atoms with Crippen molar-refractivity contribution in [2.45, 2.75) is 50.2 Å². The van der Waals surface area contributed by atoms with Gasteiger partial charge in [-0.15, -0.1) is 0 Å². The Kier molecular flexibility index (Phi) is 3.09. The summed E-state index contributed by atoms with van der Waals surface area (Å²) in [5.41, 5.74) is 0.00646. The van der Waals surface area contributed by atoms with E-state index in [1.165, 1.54) is 12.8 Å². The van der Waals surface area contributed by atoms with E-state index < -0.39 is 0 Å². The Balaban J connectivity index is 1.60. The Morgan fingerprint density at radius 2 is 2.24 bits per heavy atom. The SMILES string of the molecule is O=C([C@H]1CCCN1)N1CC[C@@]2(CCCCO2)C1. The van der Waals surface area contributed by atoms with Gasteiger partial charge in [-0.1, -0.05) is 0 Å². The van der Waals surface area contributed by atoms with Gasteiger partial charge in [0.2, 0.25) is 5.91 Å². The van der Waals surface area contributed by atoms with E-state index in [2.05, 4.69) is 5.32 Å². The van der Waals surface area contributed by atoms with Crippen LogP contribution in [0, 0.1) is 0 Å². The number of ether oxygens (including phenoxy) is 1. The van der Waals surface area contributed by atoms with Crippen molar-refractivity contribution in [1.29, 1.82) is 0 Å². The third-order valence-corrected chi connectivity index (χ3v) is 4.42. The van der Waals surface area contributed by atoms with Gasteiger partial charge < -0.3 is 15.0 Å². The first-order valence-electron chi connectivity index (χ1n) is 6.95. The van der Waals surface area contributed by atoms with Crippen molar-refractivity contribution in [3.05, 3.63) is 0 Å². The number of carbonyl (C=O) groups excluding carboxylic acids is 1. The van der Waals surface area contributed by atoms with Crippen molar-refractivity contribution in [3.8, 4) is 0 Å². The van der Waals surface area contributed by atoms with Crippen LogP contribution in [-0.4, -0.2) is 48.7 Å². The van der Waals surface area contributed by atoms with E-state index in [0.717, 1.165) is 51.9 Å². The lowest BCUT2D eigenvalue weighted by Crippen LogP contribution is -2.45. The predicted molar refractivity (Wildman–Crippen MR) is 64.8 cm³/mol. The summed E-state index contributed by atoms with van der Waals surface area (Å²) in [5.74, 6) is 0.300. The van der Waals surface area contributed by atoms with Gasteiger partial charge in [0.05, 0.1) is 11.6 Å². The van der Waals surface area contributed by atoms with Gasteiger partial charge in [-0.2, -0.15) is 0 Å². The number of hydrogen-bond acceptors (Lipinski definition) is 3. The molecule has 3 fully saturated rings.